The Bertz CT molecular complexity index is 612. The molecular formula is C12H16N2O6S. The van der Waals surface area contributed by atoms with Crippen LogP contribution in [0.2, 0.25) is 0 Å². The monoisotopic (exact) mass is 316 g/mol. The fraction of sp³-hybridized carbons (Fsp3) is 0.500. The van der Waals surface area contributed by atoms with Crippen molar-refractivity contribution in [2.75, 3.05) is 33.4 Å². The molecule has 1 aliphatic heterocycles. The van der Waals surface area contributed by atoms with E-state index >= 15 is 0 Å². The number of rotatable bonds is 7. The summed E-state index contributed by atoms with van der Waals surface area (Å²) in [4.78, 5) is 14.4. The van der Waals surface area contributed by atoms with E-state index in [0.717, 1.165) is 0 Å². The molecule has 21 heavy (non-hydrogen) atoms. The average Bonchev–Trinajstić information content (AvgIpc) is 2.41. The molecule has 0 amide bonds. The summed E-state index contributed by atoms with van der Waals surface area (Å²) in [6, 6.07) is 2.64. The van der Waals surface area contributed by atoms with Crippen LogP contribution in [0.15, 0.2) is 23.2 Å². The van der Waals surface area contributed by atoms with Gasteiger partial charge in [0.15, 0.2) is 5.69 Å². The Morgan fingerprint density at radius 3 is 2.81 bits per heavy atom. The third-order valence-corrected chi connectivity index (χ3v) is 4.91. The van der Waals surface area contributed by atoms with Gasteiger partial charge in [0.25, 0.3) is 0 Å². The minimum Gasteiger partial charge on any atom is -0.476 e. The maximum Gasteiger partial charge on any atom is 0.355 e. The lowest BCUT2D eigenvalue weighted by Crippen LogP contribution is -2.55. The summed E-state index contributed by atoms with van der Waals surface area (Å²) in [7, 11) is -2.31. The predicted molar refractivity (Wildman–Crippen MR) is 71.6 cm³/mol. The van der Waals surface area contributed by atoms with Crippen LogP contribution >= 0.6 is 0 Å². The number of carboxylic acids is 1. The van der Waals surface area contributed by atoms with Crippen molar-refractivity contribution in [1.82, 2.24) is 9.29 Å². The van der Waals surface area contributed by atoms with Crippen molar-refractivity contribution < 1.29 is 27.8 Å². The van der Waals surface area contributed by atoms with Gasteiger partial charge >= 0.3 is 5.97 Å². The van der Waals surface area contributed by atoms with E-state index in [2.05, 4.69) is 4.98 Å². The second-order valence-electron chi connectivity index (χ2n) is 4.46. The van der Waals surface area contributed by atoms with Gasteiger partial charge in [-0.2, -0.15) is 4.31 Å². The van der Waals surface area contributed by atoms with Gasteiger partial charge in [0, 0.05) is 26.4 Å². The number of ether oxygens (including phenoxy) is 2. The molecule has 2 rings (SSSR count). The number of carboxylic acid groups (broad SMARTS) is 1. The van der Waals surface area contributed by atoms with Gasteiger partial charge in [-0.1, -0.05) is 0 Å². The molecule has 0 saturated carbocycles. The zero-order valence-corrected chi connectivity index (χ0v) is 12.2. The van der Waals surface area contributed by atoms with Gasteiger partial charge in [-0.3, -0.25) is 0 Å². The van der Waals surface area contributed by atoms with Gasteiger partial charge in [0.1, 0.15) is 4.90 Å². The highest BCUT2D eigenvalue weighted by atomic mass is 32.2. The zero-order valence-electron chi connectivity index (χ0n) is 11.4. The third kappa shape index (κ3) is 3.38. The third-order valence-electron chi connectivity index (χ3n) is 3.05. The summed E-state index contributed by atoms with van der Waals surface area (Å²) in [5.74, 6) is -1.37. The molecule has 0 atom stereocenters. The van der Waals surface area contributed by atoms with Crippen LogP contribution in [0.3, 0.4) is 0 Å². The fourth-order valence-electron chi connectivity index (χ4n) is 1.90. The molecule has 0 spiro atoms. The molecule has 2 heterocycles. The summed E-state index contributed by atoms with van der Waals surface area (Å²) in [6.45, 7) is 1.22. The van der Waals surface area contributed by atoms with E-state index < -0.39 is 21.7 Å². The standard InChI is InChI=1S/C12H16N2O6S/c1-19-5-6-20-9-7-14(8-9)21(17,18)10-3-2-4-13-11(10)12(15)16/h2-4,9H,5-8H2,1H3,(H,15,16). The molecule has 0 aliphatic carbocycles. The number of sulfonamides is 1. The Kier molecular flexibility index (Phi) is 4.88. The lowest BCUT2D eigenvalue weighted by Gasteiger charge is -2.37. The number of carbonyl (C=O) groups is 1. The summed E-state index contributed by atoms with van der Waals surface area (Å²) >= 11 is 0. The summed E-state index contributed by atoms with van der Waals surface area (Å²) in [5, 5.41) is 9.01. The van der Waals surface area contributed by atoms with Crippen LogP contribution < -0.4 is 0 Å². The van der Waals surface area contributed by atoms with Crippen LogP contribution in [0.5, 0.6) is 0 Å². The van der Waals surface area contributed by atoms with Crippen molar-refractivity contribution in [1.29, 1.82) is 0 Å². The van der Waals surface area contributed by atoms with E-state index in [1.807, 2.05) is 0 Å². The highest BCUT2D eigenvalue weighted by molar-refractivity contribution is 7.89. The second kappa shape index (κ2) is 6.48. The Morgan fingerprint density at radius 1 is 1.48 bits per heavy atom. The van der Waals surface area contributed by atoms with Crippen LogP contribution in [0.4, 0.5) is 0 Å². The van der Waals surface area contributed by atoms with Gasteiger partial charge < -0.3 is 14.6 Å². The average molecular weight is 316 g/mol. The van der Waals surface area contributed by atoms with E-state index in [0.29, 0.717) is 13.2 Å². The lowest BCUT2D eigenvalue weighted by molar-refractivity contribution is -0.0380. The van der Waals surface area contributed by atoms with E-state index in [1.165, 1.54) is 22.6 Å². The minimum absolute atomic E-state index is 0.194. The first-order valence-corrected chi connectivity index (χ1v) is 7.70. The largest absolute Gasteiger partial charge is 0.476 e. The Balaban J connectivity index is 2.06. The van der Waals surface area contributed by atoms with Crippen LogP contribution in [-0.2, 0) is 19.5 Å². The maximum atomic E-state index is 12.4. The molecule has 1 aliphatic rings. The van der Waals surface area contributed by atoms with Crippen molar-refractivity contribution in [3.8, 4) is 0 Å². The van der Waals surface area contributed by atoms with Gasteiger partial charge in [0.05, 0.1) is 19.3 Å². The molecule has 1 saturated heterocycles. The molecule has 0 bridgehead atoms. The topological polar surface area (TPSA) is 106 Å². The van der Waals surface area contributed by atoms with Gasteiger partial charge in [-0.25, -0.2) is 18.2 Å². The predicted octanol–water partition coefficient (Wildman–Crippen LogP) is -0.184. The smallest absolute Gasteiger partial charge is 0.355 e. The van der Waals surface area contributed by atoms with Crippen molar-refractivity contribution in [3.63, 3.8) is 0 Å². The number of pyridine rings is 1. The van der Waals surface area contributed by atoms with Gasteiger partial charge in [-0.05, 0) is 12.1 Å². The first-order valence-electron chi connectivity index (χ1n) is 6.26. The molecular weight excluding hydrogens is 300 g/mol. The Hall–Kier alpha value is -1.55. The first-order chi connectivity index (χ1) is 9.96. The lowest BCUT2D eigenvalue weighted by atomic mass is 10.2. The highest BCUT2D eigenvalue weighted by Crippen LogP contribution is 2.24. The van der Waals surface area contributed by atoms with E-state index in [9.17, 15) is 13.2 Å². The molecule has 1 aromatic rings. The van der Waals surface area contributed by atoms with Crippen molar-refractivity contribution in [2.45, 2.75) is 11.0 Å². The van der Waals surface area contributed by atoms with Crippen LogP contribution in [0, 0.1) is 0 Å². The number of aromatic nitrogens is 1. The normalized spacial score (nSPS) is 16.6. The SMILES string of the molecule is COCCOC1CN(S(=O)(=O)c2cccnc2C(=O)O)C1. The van der Waals surface area contributed by atoms with E-state index in [1.54, 1.807) is 7.11 Å². The molecule has 0 unspecified atom stereocenters. The van der Waals surface area contributed by atoms with Crippen molar-refractivity contribution >= 4 is 16.0 Å². The van der Waals surface area contributed by atoms with Crippen LogP contribution in [0.1, 0.15) is 10.5 Å². The molecule has 8 nitrogen and oxygen atoms in total. The summed E-state index contributed by atoms with van der Waals surface area (Å²) < 4.78 is 36.1. The zero-order chi connectivity index (χ0) is 15.5. The number of nitrogens with zero attached hydrogens (tertiary/aromatic N) is 2. The van der Waals surface area contributed by atoms with E-state index in [-0.39, 0.29) is 24.1 Å². The first kappa shape index (κ1) is 15.8. The van der Waals surface area contributed by atoms with Gasteiger partial charge in [0.2, 0.25) is 10.0 Å². The molecule has 1 N–H and O–H groups in total. The minimum atomic E-state index is -3.86. The Labute approximate surface area is 122 Å². The molecule has 116 valence electrons. The highest BCUT2D eigenvalue weighted by Gasteiger charge is 2.39. The van der Waals surface area contributed by atoms with Crippen molar-refractivity contribution in [3.05, 3.63) is 24.0 Å². The second-order valence-corrected chi connectivity index (χ2v) is 6.37. The number of aromatic carboxylic acids is 1. The maximum absolute atomic E-state index is 12.4. The fourth-order valence-corrected chi connectivity index (χ4v) is 3.54. The quantitative estimate of drug-likeness (QED) is 0.695. The number of hydrogen-bond donors (Lipinski definition) is 1. The molecule has 1 fully saturated rings. The number of methoxy groups -OCH3 is 1. The molecule has 9 heteroatoms. The van der Waals surface area contributed by atoms with Crippen molar-refractivity contribution in [2.24, 2.45) is 0 Å². The van der Waals surface area contributed by atoms with E-state index in [4.69, 9.17) is 14.6 Å². The summed E-state index contributed by atoms with van der Waals surface area (Å²) in [5.41, 5.74) is -0.471. The van der Waals surface area contributed by atoms with Crippen LogP contribution in [-0.4, -0.2) is 68.3 Å². The molecule has 0 radical (unpaired) electrons. The molecule has 1 aromatic heterocycles. The number of hydrogen-bond acceptors (Lipinski definition) is 6. The summed E-state index contributed by atoms with van der Waals surface area (Å²) in [6.07, 6.45) is 1.05. The molecule has 0 aromatic carbocycles. The Morgan fingerprint density at radius 2 is 2.19 bits per heavy atom. The van der Waals surface area contributed by atoms with Gasteiger partial charge in [-0.15, -0.1) is 0 Å². The van der Waals surface area contributed by atoms with Crippen LogP contribution in [0.25, 0.3) is 0 Å².